The van der Waals surface area contributed by atoms with E-state index in [-0.39, 0.29) is 6.61 Å². The lowest BCUT2D eigenvalue weighted by Crippen LogP contribution is -2.39. The van der Waals surface area contributed by atoms with Gasteiger partial charge in [0.15, 0.2) is 0 Å². The van der Waals surface area contributed by atoms with Gasteiger partial charge in [-0.15, -0.1) is 0 Å². The fraction of sp³-hybridized carbons (Fsp3) is 0.229. The highest BCUT2D eigenvalue weighted by atomic mass is 16.5. The van der Waals surface area contributed by atoms with E-state index in [0.717, 1.165) is 38.6 Å². The lowest BCUT2D eigenvalue weighted by atomic mass is 9.70. The molecule has 204 valence electrons. The molecule has 0 aliphatic rings. The number of benzene rings is 4. The Bertz CT molecular complexity index is 1540. The number of aliphatic hydroxyl groups is 2. The standard InChI is InChI=1S/C35H36N2O3/c1-37(22-23-38)21-20-35(39,32-19-11-17-27-14-9-10-18-30(27)32)33(28-15-7-4-8-16-28)31-24-29(25-36-34(31)40-2)26-12-5-3-6-13-26/h3-19,24-25,33,38-39H,20-23H2,1-2H3. The Morgan fingerprint density at radius 1 is 0.825 bits per heavy atom. The number of aromatic nitrogens is 1. The monoisotopic (exact) mass is 532 g/mol. The van der Waals surface area contributed by atoms with E-state index in [1.54, 1.807) is 7.11 Å². The van der Waals surface area contributed by atoms with Gasteiger partial charge >= 0.3 is 0 Å². The van der Waals surface area contributed by atoms with Gasteiger partial charge in [-0.1, -0.05) is 103 Å². The van der Waals surface area contributed by atoms with Gasteiger partial charge in [-0.05, 0) is 47.0 Å². The molecule has 0 saturated carbocycles. The minimum absolute atomic E-state index is 0.0577. The molecule has 5 aromatic rings. The molecule has 2 atom stereocenters. The summed E-state index contributed by atoms with van der Waals surface area (Å²) in [6.07, 6.45) is 2.25. The summed E-state index contributed by atoms with van der Waals surface area (Å²) in [5, 5.41) is 24.8. The van der Waals surface area contributed by atoms with Crippen LogP contribution in [0.4, 0.5) is 0 Å². The molecule has 0 fully saturated rings. The summed E-state index contributed by atoms with van der Waals surface area (Å²) in [6.45, 7) is 1.16. The third kappa shape index (κ3) is 5.63. The highest BCUT2D eigenvalue weighted by Gasteiger charge is 2.43. The maximum atomic E-state index is 13.2. The lowest BCUT2D eigenvalue weighted by molar-refractivity contribution is 0.00267. The van der Waals surface area contributed by atoms with Crippen molar-refractivity contribution in [2.24, 2.45) is 0 Å². The Hall–Kier alpha value is -4.03. The number of methoxy groups -OCH3 is 1. The van der Waals surface area contributed by atoms with Gasteiger partial charge in [-0.2, -0.15) is 0 Å². The molecule has 0 aliphatic heterocycles. The van der Waals surface area contributed by atoms with Crippen LogP contribution in [0.1, 0.15) is 29.0 Å². The highest BCUT2D eigenvalue weighted by molar-refractivity contribution is 5.86. The van der Waals surface area contributed by atoms with Crippen LogP contribution >= 0.6 is 0 Å². The molecule has 0 saturated heterocycles. The molecule has 4 aromatic carbocycles. The van der Waals surface area contributed by atoms with Crippen LogP contribution in [-0.4, -0.2) is 54.0 Å². The smallest absolute Gasteiger partial charge is 0.217 e. The Kier molecular flexibility index (Phi) is 8.56. The molecule has 0 bridgehead atoms. The molecule has 0 amide bonds. The van der Waals surface area contributed by atoms with Crippen molar-refractivity contribution in [2.45, 2.75) is 17.9 Å². The first-order chi connectivity index (χ1) is 19.5. The molecule has 0 radical (unpaired) electrons. The van der Waals surface area contributed by atoms with Gasteiger partial charge in [0.05, 0.1) is 13.7 Å². The summed E-state index contributed by atoms with van der Waals surface area (Å²) < 4.78 is 5.86. The van der Waals surface area contributed by atoms with Gasteiger partial charge in [0.2, 0.25) is 5.88 Å². The number of rotatable bonds is 11. The second-order valence-corrected chi connectivity index (χ2v) is 10.3. The molecule has 1 aromatic heterocycles. The summed E-state index contributed by atoms with van der Waals surface area (Å²) >= 11 is 0. The summed E-state index contributed by atoms with van der Waals surface area (Å²) in [7, 11) is 3.59. The van der Waals surface area contributed by atoms with Crippen molar-refractivity contribution in [2.75, 3.05) is 33.9 Å². The molecule has 2 N–H and O–H groups in total. The quantitative estimate of drug-likeness (QED) is 0.211. The number of nitrogens with zero attached hydrogens (tertiary/aromatic N) is 2. The van der Waals surface area contributed by atoms with Gasteiger partial charge in [0.1, 0.15) is 5.60 Å². The first-order valence-electron chi connectivity index (χ1n) is 13.7. The number of hydrogen-bond acceptors (Lipinski definition) is 5. The Morgan fingerprint density at radius 2 is 1.50 bits per heavy atom. The SMILES string of the molecule is COc1ncc(-c2ccccc2)cc1C(c1ccccc1)C(O)(CCN(C)CCO)c1cccc2ccccc12. The second kappa shape index (κ2) is 12.4. The zero-order valence-corrected chi connectivity index (χ0v) is 23.1. The number of likely N-dealkylation sites (N-methyl/N-ethyl adjacent to an activating group) is 1. The second-order valence-electron chi connectivity index (χ2n) is 10.3. The fourth-order valence-corrected chi connectivity index (χ4v) is 5.67. The first kappa shape index (κ1) is 27.5. The topological polar surface area (TPSA) is 65.8 Å². The van der Waals surface area contributed by atoms with E-state index in [9.17, 15) is 10.2 Å². The molecule has 40 heavy (non-hydrogen) atoms. The average Bonchev–Trinajstić information content (AvgIpc) is 3.01. The fourth-order valence-electron chi connectivity index (χ4n) is 5.67. The predicted octanol–water partition coefficient (Wildman–Crippen LogP) is 6.24. The van der Waals surface area contributed by atoms with Crippen molar-refractivity contribution in [3.8, 4) is 17.0 Å². The van der Waals surface area contributed by atoms with Crippen molar-refractivity contribution in [1.29, 1.82) is 0 Å². The van der Waals surface area contributed by atoms with Crippen LogP contribution in [0.3, 0.4) is 0 Å². The van der Waals surface area contributed by atoms with Crippen LogP contribution in [-0.2, 0) is 5.60 Å². The van der Waals surface area contributed by atoms with E-state index in [2.05, 4.69) is 48.5 Å². The summed E-state index contributed by atoms with van der Waals surface area (Å²) in [4.78, 5) is 6.79. The van der Waals surface area contributed by atoms with Crippen LogP contribution in [0.2, 0.25) is 0 Å². The van der Waals surface area contributed by atoms with E-state index in [1.165, 1.54) is 0 Å². The molecule has 5 nitrogen and oxygen atoms in total. The normalized spacial score (nSPS) is 13.7. The number of pyridine rings is 1. The van der Waals surface area contributed by atoms with Crippen LogP contribution in [0.15, 0.2) is 115 Å². The summed E-state index contributed by atoms with van der Waals surface area (Å²) in [6, 6.07) is 36.7. The number of aliphatic hydroxyl groups excluding tert-OH is 1. The Morgan fingerprint density at radius 3 is 2.23 bits per heavy atom. The molecule has 0 spiro atoms. The number of fused-ring (bicyclic) bond motifs is 1. The third-order valence-electron chi connectivity index (χ3n) is 7.71. The van der Waals surface area contributed by atoms with Crippen molar-refractivity contribution < 1.29 is 14.9 Å². The van der Waals surface area contributed by atoms with Crippen LogP contribution in [0.25, 0.3) is 21.9 Å². The van der Waals surface area contributed by atoms with E-state index in [4.69, 9.17) is 9.72 Å². The largest absolute Gasteiger partial charge is 0.481 e. The van der Waals surface area contributed by atoms with Crippen LogP contribution < -0.4 is 4.74 Å². The summed E-state index contributed by atoms with van der Waals surface area (Å²) in [5.74, 6) is -0.0101. The molecule has 1 heterocycles. The molecule has 5 heteroatoms. The van der Waals surface area contributed by atoms with Gasteiger partial charge in [-0.3, -0.25) is 0 Å². The van der Waals surface area contributed by atoms with Gasteiger partial charge in [-0.25, -0.2) is 4.98 Å². The van der Waals surface area contributed by atoms with Crippen LogP contribution in [0.5, 0.6) is 5.88 Å². The zero-order valence-electron chi connectivity index (χ0n) is 23.1. The number of hydrogen-bond donors (Lipinski definition) is 2. The molecular weight excluding hydrogens is 496 g/mol. The van der Waals surface area contributed by atoms with E-state index < -0.39 is 11.5 Å². The number of ether oxygens (including phenoxy) is 1. The Balaban J connectivity index is 1.78. The van der Waals surface area contributed by atoms with Gasteiger partial charge in [0.25, 0.3) is 0 Å². The minimum Gasteiger partial charge on any atom is -0.481 e. The molecular formula is C35H36N2O3. The van der Waals surface area contributed by atoms with E-state index >= 15 is 0 Å². The van der Waals surface area contributed by atoms with Crippen molar-refractivity contribution in [1.82, 2.24) is 9.88 Å². The van der Waals surface area contributed by atoms with Crippen molar-refractivity contribution in [3.63, 3.8) is 0 Å². The molecule has 5 rings (SSSR count). The summed E-state index contributed by atoms with van der Waals surface area (Å²) in [5.41, 5.74) is 3.29. The lowest BCUT2D eigenvalue weighted by Gasteiger charge is -2.39. The van der Waals surface area contributed by atoms with Crippen LogP contribution in [0, 0.1) is 0 Å². The van der Waals surface area contributed by atoms with Gasteiger partial charge in [0, 0.05) is 36.3 Å². The van der Waals surface area contributed by atoms with Crippen molar-refractivity contribution >= 4 is 10.8 Å². The molecule has 0 aliphatic carbocycles. The predicted molar refractivity (Wildman–Crippen MR) is 162 cm³/mol. The Labute approximate surface area is 236 Å². The third-order valence-corrected chi connectivity index (χ3v) is 7.71. The first-order valence-corrected chi connectivity index (χ1v) is 13.7. The highest BCUT2D eigenvalue weighted by Crippen LogP contribution is 2.49. The van der Waals surface area contributed by atoms with E-state index in [0.29, 0.717) is 25.4 Å². The maximum Gasteiger partial charge on any atom is 0.217 e. The van der Waals surface area contributed by atoms with Crippen molar-refractivity contribution in [3.05, 3.63) is 132 Å². The minimum atomic E-state index is -1.34. The molecule has 2 unspecified atom stereocenters. The average molecular weight is 533 g/mol. The maximum absolute atomic E-state index is 13.2. The zero-order chi connectivity index (χ0) is 28.0. The van der Waals surface area contributed by atoms with E-state index in [1.807, 2.05) is 78.8 Å². The van der Waals surface area contributed by atoms with Gasteiger partial charge < -0.3 is 19.8 Å².